The highest BCUT2D eigenvalue weighted by atomic mass is 16.5. The van der Waals surface area contributed by atoms with E-state index in [9.17, 15) is 10.4 Å². The first-order valence-corrected chi connectivity index (χ1v) is 6.16. The predicted octanol–water partition coefficient (Wildman–Crippen LogP) is 1.08. The fourth-order valence-corrected chi connectivity index (χ4v) is 2.34. The van der Waals surface area contributed by atoms with E-state index in [-0.39, 0.29) is 0 Å². The molecule has 4 heteroatoms. The molecule has 0 bridgehead atoms. The maximum atomic E-state index is 12.2. The van der Waals surface area contributed by atoms with Crippen molar-refractivity contribution in [2.75, 3.05) is 0 Å². The summed E-state index contributed by atoms with van der Waals surface area (Å²) >= 11 is 0. The molecule has 0 aromatic heterocycles. The van der Waals surface area contributed by atoms with E-state index < -0.39 is 5.66 Å². The van der Waals surface area contributed by atoms with Gasteiger partial charge in [-0.25, -0.2) is 0 Å². The molecule has 0 N–H and O–H groups in total. The average Bonchev–Trinajstić information content (AvgIpc) is 2.61. The monoisotopic (exact) mass is 254 g/mol. The molecule has 96 valence electrons. The molecule has 0 aliphatic carbocycles. The number of hydrogen-bond donors (Lipinski definition) is 0. The van der Waals surface area contributed by atoms with Gasteiger partial charge in [0, 0.05) is 12.1 Å². The van der Waals surface area contributed by atoms with Gasteiger partial charge in [-0.15, -0.1) is 9.48 Å². The maximum Gasteiger partial charge on any atom is 0.366 e. The van der Waals surface area contributed by atoms with Gasteiger partial charge in [-0.1, -0.05) is 30.3 Å². The van der Waals surface area contributed by atoms with Gasteiger partial charge in [-0.2, -0.15) is 0 Å². The van der Waals surface area contributed by atoms with Gasteiger partial charge in [0.1, 0.15) is 0 Å². The molecule has 0 amide bonds. The molecule has 1 aliphatic heterocycles. The standard InChI is InChI=1S/C15H14N2O2/c1-15(2)16(18)13-9-8-12(10-14(13)17(15)19)11-6-4-3-5-7-11/h3-10H,1-2H3. The Hall–Kier alpha value is -2.36. The maximum absolute atomic E-state index is 12.2. The highest BCUT2D eigenvalue weighted by Crippen LogP contribution is 2.16. The van der Waals surface area contributed by atoms with Gasteiger partial charge in [0.25, 0.3) is 10.7 Å². The zero-order valence-electron chi connectivity index (χ0n) is 10.8. The van der Waals surface area contributed by atoms with Crippen LogP contribution in [0.3, 0.4) is 0 Å². The van der Waals surface area contributed by atoms with Crippen LogP contribution in [-0.2, 0) is 0 Å². The molecule has 2 aromatic carbocycles. The summed E-state index contributed by atoms with van der Waals surface area (Å²) in [4.78, 5) is 0. The van der Waals surface area contributed by atoms with E-state index in [1.807, 2.05) is 36.4 Å². The van der Waals surface area contributed by atoms with E-state index in [1.165, 1.54) is 0 Å². The van der Waals surface area contributed by atoms with Crippen molar-refractivity contribution in [3.05, 3.63) is 69.7 Å². The fraction of sp³-hybridized carbons (Fsp3) is 0.200. The number of hydroxylamine groups is 2. The second-order valence-electron chi connectivity index (χ2n) is 5.15. The van der Waals surface area contributed by atoms with E-state index >= 15 is 0 Å². The van der Waals surface area contributed by atoms with Crippen molar-refractivity contribution >= 4 is 0 Å². The zero-order chi connectivity index (χ0) is 13.6. The van der Waals surface area contributed by atoms with E-state index in [1.54, 1.807) is 26.0 Å². The molecule has 0 atom stereocenters. The van der Waals surface area contributed by atoms with Crippen molar-refractivity contribution in [2.24, 2.45) is 0 Å². The van der Waals surface area contributed by atoms with Crippen LogP contribution in [0.1, 0.15) is 13.8 Å². The summed E-state index contributed by atoms with van der Waals surface area (Å²) in [7, 11) is 0. The van der Waals surface area contributed by atoms with Crippen molar-refractivity contribution in [1.82, 2.24) is 9.48 Å². The molecule has 0 fully saturated rings. The third-order valence-electron chi connectivity index (χ3n) is 3.51. The molecule has 1 heterocycles. The minimum absolute atomic E-state index is 0.430. The lowest BCUT2D eigenvalue weighted by Crippen LogP contribution is -2.46. The van der Waals surface area contributed by atoms with Crippen molar-refractivity contribution in [2.45, 2.75) is 19.5 Å². The zero-order valence-corrected chi connectivity index (χ0v) is 10.8. The summed E-state index contributed by atoms with van der Waals surface area (Å²) < 4.78 is 1.55. The molecular weight excluding hydrogens is 240 g/mol. The van der Waals surface area contributed by atoms with Gasteiger partial charge in [0.05, 0.1) is 13.8 Å². The lowest BCUT2D eigenvalue weighted by Gasteiger charge is -2.17. The highest BCUT2D eigenvalue weighted by molar-refractivity contribution is 5.62. The number of rotatable bonds is 1. The lowest BCUT2D eigenvalue weighted by atomic mass is 10.1. The van der Waals surface area contributed by atoms with Gasteiger partial charge in [0.2, 0.25) is 0 Å². The van der Waals surface area contributed by atoms with Gasteiger partial charge in [-0.3, -0.25) is 0 Å². The van der Waals surface area contributed by atoms with Crippen LogP contribution in [0, 0.1) is 10.4 Å². The first-order chi connectivity index (χ1) is 9.01. The minimum atomic E-state index is -1.09. The topological polar surface area (TPSA) is 52.1 Å². The van der Waals surface area contributed by atoms with E-state index in [4.69, 9.17) is 0 Å². The molecule has 4 nitrogen and oxygen atoms in total. The normalized spacial score (nSPS) is 16.5. The summed E-state index contributed by atoms with van der Waals surface area (Å²) in [5.74, 6) is 0. The third kappa shape index (κ3) is 1.60. The van der Waals surface area contributed by atoms with E-state index in [0.717, 1.165) is 20.6 Å². The average molecular weight is 254 g/mol. The van der Waals surface area contributed by atoms with E-state index in [0.29, 0.717) is 10.7 Å². The first-order valence-electron chi connectivity index (χ1n) is 6.16. The molecule has 1 aliphatic rings. The fourth-order valence-electron chi connectivity index (χ4n) is 2.34. The molecule has 0 saturated heterocycles. The third-order valence-corrected chi connectivity index (χ3v) is 3.51. The smallest absolute Gasteiger partial charge is 0.366 e. The van der Waals surface area contributed by atoms with Crippen LogP contribution in [-0.4, -0.2) is 5.66 Å². The number of hydrogen-bond acceptors (Lipinski definition) is 2. The van der Waals surface area contributed by atoms with Crippen molar-refractivity contribution in [1.29, 1.82) is 0 Å². The number of benzene rings is 2. The Labute approximate surface area is 110 Å². The van der Waals surface area contributed by atoms with Gasteiger partial charge >= 0.3 is 5.66 Å². The number of nitrogens with zero attached hydrogens (tertiary/aromatic N) is 2. The Morgan fingerprint density at radius 2 is 1.42 bits per heavy atom. The summed E-state index contributed by atoms with van der Waals surface area (Å²) in [5, 5.41) is 25.1. The Kier molecular flexibility index (Phi) is 2.35. The molecule has 0 radical (unpaired) electrons. The van der Waals surface area contributed by atoms with Crippen LogP contribution >= 0.6 is 0 Å². The van der Waals surface area contributed by atoms with Gasteiger partial charge < -0.3 is 10.4 Å². The first kappa shape index (κ1) is 11.7. The minimum Gasteiger partial charge on any atom is -0.618 e. The molecule has 3 rings (SSSR count). The summed E-state index contributed by atoms with van der Waals surface area (Å²) in [6.45, 7) is 3.24. The molecule has 0 saturated carbocycles. The quantitative estimate of drug-likeness (QED) is 0.565. The molecule has 0 spiro atoms. The summed E-state index contributed by atoms with van der Waals surface area (Å²) in [6.07, 6.45) is 0. The highest BCUT2D eigenvalue weighted by Gasteiger charge is 2.42. The Morgan fingerprint density at radius 1 is 0.789 bits per heavy atom. The van der Waals surface area contributed by atoms with Crippen LogP contribution in [0.4, 0.5) is 0 Å². The second kappa shape index (κ2) is 3.82. The van der Waals surface area contributed by atoms with Crippen LogP contribution < -0.4 is 20.2 Å². The molecule has 19 heavy (non-hydrogen) atoms. The van der Waals surface area contributed by atoms with Crippen LogP contribution in [0.5, 0.6) is 0 Å². The SMILES string of the molecule is CC1(C)[N+]([O-])=c2ccc(-c3ccccc3)cc2=[N+]1[O-]. The van der Waals surface area contributed by atoms with Gasteiger partial charge in [0.15, 0.2) is 0 Å². The van der Waals surface area contributed by atoms with Crippen LogP contribution in [0.2, 0.25) is 0 Å². The summed E-state index contributed by atoms with van der Waals surface area (Å²) in [6, 6.07) is 15.1. The molecular formula is C15H14N2O2. The van der Waals surface area contributed by atoms with Crippen molar-refractivity contribution < 1.29 is 0 Å². The van der Waals surface area contributed by atoms with E-state index in [2.05, 4.69) is 0 Å². The van der Waals surface area contributed by atoms with Crippen molar-refractivity contribution in [3.8, 4) is 11.1 Å². The molecule has 2 aromatic rings. The predicted molar refractivity (Wildman–Crippen MR) is 74.4 cm³/mol. The largest absolute Gasteiger partial charge is 0.618 e. The Morgan fingerprint density at radius 3 is 2.11 bits per heavy atom. The summed E-state index contributed by atoms with van der Waals surface area (Å²) in [5.41, 5.74) is 0.879. The Bertz CT molecular complexity index is 764. The van der Waals surface area contributed by atoms with Crippen molar-refractivity contribution in [3.63, 3.8) is 0 Å². The lowest BCUT2D eigenvalue weighted by molar-refractivity contribution is 0.322. The Balaban J connectivity index is 2.30. The second-order valence-corrected chi connectivity index (χ2v) is 5.15. The van der Waals surface area contributed by atoms with Crippen LogP contribution in [0.25, 0.3) is 11.1 Å². The van der Waals surface area contributed by atoms with Gasteiger partial charge in [-0.05, 0) is 17.2 Å². The number of fused-ring (bicyclic) bond motifs is 1. The van der Waals surface area contributed by atoms with Crippen LogP contribution in [0.15, 0.2) is 48.5 Å². The molecule has 0 unspecified atom stereocenters.